The van der Waals surface area contributed by atoms with Crippen LogP contribution in [0.5, 0.6) is 11.5 Å². The van der Waals surface area contributed by atoms with E-state index in [0.29, 0.717) is 60.1 Å². The molecule has 0 spiro atoms. The lowest BCUT2D eigenvalue weighted by Crippen LogP contribution is -2.48. The van der Waals surface area contributed by atoms with Crippen LogP contribution < -0.4 is 14.4 Å². The molecule has 2 heterocycles. The number of halogens is 3. The van der Waals surface area contributed by atoms with Gasteiger partial charge in [-0.2, -0.15) is 13.2 Å². The third-order valence-electron chi connectivity index (χ3n) is 6.74. The van der Waals surface area contributed by atoms with E-state index in [0.717, 1.165) is 23.1 Å². The minimum Gasteiger partial charge on any atom is -0.497 e. The summed E-state index contributed by atoms with van der Waals surface area (Å²) in [5.74, 6) is 1.06. The van der Waals surface area contributed by atoms with Gasteiger partial charge in [0.25, 0.3) is 5.91 Å². The predicted octanol–water partition coefficient (Wildman–Crippen LogP) is 5.90. The van der Waals surface area contributed by atoms with Crippen LogP contribution in [-0.2, 0) is 6.18 Å². The van der Waals surface area contributed by atoms with Gasteiger partial charge in [-0.3, -0.25) is 4.79 Å². The van der Waals surface area contributed by atoms with Gasteiger partial charge < -0.3 is 19.3 Å². The van der Waals surface area contributed by atoms with Crippen LogP contribution in [0.1, 0.15) is 15.9 Å². The van der Waals surface area contributed by atoms with Crippen molar-refractivity contribution in [3.8, 4) is 22.8 Å². The number of fused-ring (bicyclic) bond motifs is 1. The maximum atomic E-state index is 13.8. The fourth-order valence-electron chi connectivity index (χ4n) is 4.72. The second kappa shape index (κ2) is 10.2. The molecular formula is C29H26F3N3O3. The molecule has 0 aliphatic carbocycles. The molecular weight excluding hydrogens is 495 g/mol. The summed E-state index contributed by atoms with van der Waals surface area (Å²) in [6, 6.07) is 19.9. The first-order chi connectivity index (χ1) is 18.3. The SMILES string of the molecule is COc1ccc(-c2cc(C(=O)N3CCN(c4cccc(C(F)(F)F)c4)CC3)c3ccccc3n2)c(OC)c1. The molecule has 1 fully saturated rings. The Hall–Kier alpha value is -4.27. The highest BCUT2D eigenvalue weighted by Gasteiger charge is 2.31. The van der Waals surface area contributed by atoms with Gasteiger partial charge in [0.2, 0.25) is 0 Å². The monoisotopic (exact) mass is 521 g/mol. The molecule has 1 aromatic heterocycles. The smallest absolute Gasteiger partial charge is 0.416 e. The molecule has 1 amide bonds. The van der Waals surface area contributed by atoms with Gasteiger partial charge in [-0.05, 0) is 42.5 Å². The normalized spacial score (nSPS) is 14.0. The molecule has 0 atom stereocenters. The molecule has 0 N–H and O–H groups in total. The molecule has 4 aromatic rings. The third-order valence-corrected chi connectivity index (χ3v) is 6.74. The molecule has 1 aliphatic rings. The van der Waals surface area contributed by atoms with E-state index in [9.17, 15) is 18.0 Å². The van der Waals surface area contributed by atoms with Crippen molar-refractivity contribution in [3.63, 3.8) is 0 Å². The highest BCUT2D eigenvalue weighted by molar-refractivity contribution is 6.07. The first-order valence-electron chi connectivity index (χ1n) is 12.1. The number of pyridine rings is 1. The summed E-state index contributed by atoms with van der Waals surface area (Å²) in [7, 11) is 3.14. The lowest BCUT2D eigenvalue weighted by molar-refractivity contribution is -0.137. The summed E-state index contributed by atoms with van der Waals surface area (Å²) < 4.78 is 50.4. The average molecular weight is 522 g/mol. The van der Waals surface area contributed by atoms with Crippen LogP contribution in [0, 0.1) is 0 Å². The van der Waals surface area contributed by atoms with Crippen molar-refractivity contribution in [1.82, 2.24) is 9.88 Å². The third kappa shape index (κ3) is 4.96. The minimum absolute atomic E-state index is 0.152. The van der Waals surface area contributed by atoms with E-state index in [-0.39, 0.29) is 5.91 Å². The van der Waals surface area contributed by atoms with Crippen molar-refractivity contribution in [2.24, 2.45) is 0 Å². The minimum atomic E-state index is -4.40. The Kier molecular flexibility index (Phi) is 6.84. The number of benzene rings is 3. The molecule has 196 valence electrons. The number of methoxy groups -OCH3 is 2. The second-order valence-corrected chi connectivity index (χ2v) is 8.97. The summed E-state index contributed by atoms with van der Waals surface area (Å²) in [6.45, 7) is 1.62. The van der Waals surface area contributed by atoms with Crippen LogP contribution in [0.4, 0.5) is 18.9 Å². The van der Waals surface area contributed by atoms with Crippen LogP contribution in [0.25, 0.3) is 22.2 Å². The highest BCUT2D eigenvalue weighted by Crippen LogP contribution is 2.35. The Morgan fingerprint density at radius 3 is 2.34 bits per heavy atom. The molecule has 38 heavy (non-hydrogen) atoms. The van der Waals surface area contributed by atoms with Crippen LogP contribution in [0.15, 0.2) is 72.8 Å². The Bertz CT molecular complexity index is 1480. The number of carbonyl (C=O) groups excluding carboxylic acids is 1. The molecule has 0 bridgehead atoms. The Labute approximate surface area is 218 Å². The molecule has 3 aromatic carbocycles. The topological polar surface area (TPSA) is 54.9 Å². The van der Waals surface area contributed by atoms with E-state index in [1.165, 1.54) is 6.07 Å². The first-order valence-corrected chi connectivity index (χ1v) is 12.1. The first kappa shape index (κ1) is 25.4. The van der Waals surface area contributed by atoms with Crippen molar-refractivity contribution < 1.29 is 27.4 Å². The number of aromatic nitrogens is 1. The van der Waals surface area contributed by atoms with E-state index < -0.39 is 11.7 Å². The van der Waals surface area contributed by atoms with Crippen molar-refractivity contribution >= 4 is 22.5 Å². The summed E-state index contributed by atoms with van der Waals surface area (Å²) in [5, 5.41) is 0.731. The van der Waals surface area contributed by atoms with Gasteiger partial charge in [-0.1, -0.05) is 24.3 Å². The van der Waals surface area contributed by atoms with Crippen molar-refractivity contribution in [2.45, 2.75) is 6.18 Å². The van der Waals surface area contributed by atoms with E-state index in [1.54, 1.807) is 37.3 Å². The largest absolute Gasteiger partial charge is 0.497 e. The van der Waals surface area contributed by atoms with Crippen molar-refractivity contribution in [1.29, 1.82) is 0 Å². The predicted molar refractivity (Wildman–Crippen MR) is 140 cm³/mol. The standard InChI is InChI=1S/C29H26F3N3O3/c1-37-21-10-11-23(27(17-21)38-2)26-18-24(22-8-3-4-9-25(22)33-26)28(36)35-14-12-34(13-15-35)20-7-5-6-19(16-20)29(30,31)32/h3-11,16-18H,12-15H2,1-2H3. The quantitative estimate of drug-likeness (QED) is 0.327. The number of para-hydroxylation sites is 1. The van der Waals surface area contributed by atoms with Crippen LogP contribution >= 0.6 is 0 Å². The number of hydrogen-bond acceptors (Lipinski definition) is 5. The average Bonchev–Trinajstić information content (AvgIpc) is 2.95. The molecule has 1 aliphatic heterocycles. The number of amides is 1. The number of rotatable bonds is 5. The lowest BCUT2D eigenvalue weighted by Gasteiger charge is -2.36. The van der Waals surface area contributed by atoms with E-state index in [2.05, 4.69) is 0 Å². The van der Waals surface area contributed by atoms with Crippen LogP contribution in [0.3, 0.4) is 0 Å². The fraction of sp³-hybridized carbons (Fsp3) is 0.241. The van der Waals surface area contributed by atoms with Gasteiger partial charge >= 0.3 is 6.18 Å². The summed E-state index contributed by atoms with van der Waals surface area (Å²) >= 11 is 0. The number of ether oxygens (including phenoxy) is 2. The molecule has 1 saturated heterocycles. The van der Waals surface area contributed by atoms with Crippen LogP contribution in [0.2, 0.25) is 0 Å². The highest BCUT2D eigenvalue weighted by atomic mass is 19.4. The zero-order chi connectivity index (χ0) is 26.9. The zero-order valence-corrected chi connectivity index (χ0v) is 21.0. The van der Waals surface area contributed by atoms with Gasteiger partial charge in [-0.15, -0.1) is 0 Å². The number of carbonyl (C=O) groups is 1. The number of hydrogen-bond donors (Lipinski definition) is 0. The number of anilines is 1. The van der Waals surface area contributed by atoms with E-state index in [1.807, 2.05) is 41.3 Å². The van der Waals surface area contributed by atoms with Crippen LogP contribution in [-0.4, -0.2) is 56.2 Å². The molecule has 0 saturated carbocycles. The second-order valence-electron chi connectivity index (χ2n) is 8.97. The van der Waals surface area contributed by atoms with E-state index >= 15 is 0 Å². The molecule has 0 radical (unpaired) electrons. The summed E-state index contributed by atoms with van der Waals surface area (Å²) in [5.41, 5.74) is 2.31. The maximum Gasteiger partial charge on any atom is 0.416 e. The van der Waals surface area contributed by atoms with Gasteiger partial charge in [0.1, 0.15) is 11.5 Å². The van der Waals surface area contributed by atoms with Crippen molar-refractivity contribution in [3.05, 3.63) is 83.9 Å². The van der Waals surface area contributed by atoms with Gasteiger partial charge in [0.05, 0.1) is 36.6 Å². The molecule has 9 heteroatoms. The van der Waals surface area contributed by atoms with Gasteiger partial charge in [0.15, 0.2) is 0 Å². The lowest BCUT2D eigenvalue weighted by atomic mass is 10.0. The zero-order valence-electron chi connectivity index (χ0n) is 21.0. The Morgan fingerprint density at radius 1 is 0.868 bits per heavy atom. The summed E-state index contributed by atoms with van der Waals surface area (Å²) in [6.07, 6.45) is -4.40. The number of alkyl halides is 3. The summed E-state index contributed by atoms with van der Waals surface area (Å²) in [4.78, 5) is 22.2. The van der Waals surface area contributed by atoms with Gasteiger partial charge in [0, 0.05) is 48.9 Å². The number of piperazine rings is 1. The maximum absolute atomic E-state index is 13.8. The van der Waals surface area contributed by atoms with E-state index in [4.69, 9.17) is 14.5 Å². The fourth-order valence-corrected chi connectivity index (χ4v) is 4.72. The molecule has 6 nitrogen and oxygen atoms in total. The molecule has 5 rings (SSSR count). The Morgan fingerprint density at radius 2 is 1.63 bits per heavy atom. The van der Waals surface area contributed by atoms with Crippen molar-refractivity contribution in [2.75, 3.05) is 45.3 Å². The van der Waals surface area contributed by atoms with Gasteiger partial charge in [-0.25, -0.2) is 4.98 Å². The molecule has 0 unspecified atom stereocenters. The Balaban J connectivity index is 1.43. The number of nitrogens with zero attached hydrogens (tertiary/aromatic N) is 3.